The molecular weight excluding hydrogens is 314 g/mol. The summed E-state index contributed by atoms with van der Waals surface area (Å²) in [6, 6.07) is 14.0. The molecule has 0 fully saturated rings. The van der Waals surface area contributed by atoms with Crippen molar-refractivity contribution < 1.29 is 4.21 Å². The van der Waals surface area contributed by atoms with Gasteiger partial charge in [0.2, 0.25) is 0 Å². The number of aliphatic imine (C=N–C) groups is 1. The maximum absolute atomic E-state index is 11.9. The maximum atomic E-state index is 11.9. The number of hydrogen-bond donors (Lipinski definition) is 2. The quantitative estimate of drug-likeness (QED) is 0.574. The minimum atomic E-state index is -0.906. The van der Waals surface area contributed by atoms with Crippen molar-refractivity contribution in [2.24, 2.45) is 10.7 Å². The summed E-state index contributed by atoms with van der Waals surface area (Å²) < 4.78 is 11.9. The molecule has 0 bridgehead atoms. The molecule has 2 aromatic rings. The van der Waals surface area contributed by atoms with Crippen LogP contribution in [0.15, 0.2) is 52.8 Å². The number of nitrogens with two attached hydrogens (primary N) is 1. The van der Waals surface area contributed by atoms with E-state index < -0.39 is 10.8 Å². The highest BCUT2D eigenvalue weighted by atomic mass is 32.2. The molecule has 1 heterocycles. The Morgan fingerprint density at radius 2 is 2.05 bits per heavy atom. The zero-order valence-corrected chi connectivity index (χ0v) is 14.0. The van der Waals surface area contributed by atoms with Gasteiger partial charge in [-0.3, -0.25) is 9.20 Å². The summed E-state index contributed by atoms with van der Waals surface area (Å²) in [6.45, 7) is 1.25. The van der Waals surface area contributed by atoms with Crippen molar-refractivity contribution >= 4 is 28.1 Å². The van der Waals surface area contributed by atoms with Crippen LogP contribution in [0.5, 0.6) is 0 Å². The Balaban J connectivity index is 1.62. The lowest BCUT2D eigenvalue weighted by Crippen LogP contribution is -2.33. The Labute approximate surface area is 137 Å². The summed E-state index contributed by atoms with van der Waals surface area (Å²) in [5.74, 6) is 1.53. The minimum absolute atomic E-state index is 0.424. The van der Waals surface area contributed by atoms with Gasteiger partial charge in [-0.05, 0) is 23.4 Å². The molecule has 2 rings (SSSR count). The van der Waals surface area contributed by atoms with Gasteiger partial charge >= 0.3 is 0 Å². The van der Waals surface area contributed by atoms with Crippen LogP contribution < -0.4 is 11.1 Å². The third-order valence-corrected chi connectivity index (χ3v) is 5.26. The first-order valence-corrected chi connectivity index (χ1v) is 9.56. The second-order valence-electron chi connectivity index (χ2n) is 4.80. The lowest BCUT2D eigenvalue weighted by atomic mass is 10.2. The van der Waals surface area contributed by atoms with E-state index in [1.54, 1.807) is 11.3 Å². The average Bonchev–Trinajstić information content (AvgIpc) is 3.01. The first-order chi connectivity index (χ1) is 10.7. The van der Waals surface area contributed by atoms with Crippen LogP contribution in [0, 0.1) is 0 Å². The molecule has 22 heavy (non-hydrogen) atoms. The Bertz CT molecular complexity index is 597. The molecule has 3 N–H and O–H groups in total. The van der Waals surface area contributed by atoms with Gasteiger partial charge in [0.15, 0.2) is 5.96 Å². The third kappa shape index (κ3) is 6.41. The second kappa shape index (κ2) is 9.38. The van der Waals surface area contributed by atoms with Gasteiger partial charge in [-0.25, -0.2) is 0 Å². The number of guanidine groups is 1. The molecule has 1 aromatic carbocycles. The first kappa shape index (κ1) is 16.7. The Morgan fingerprint density at radius 3 is 2.77 bits per heavy atom. The summed E-state index contributed by atoms with van der Waals surface area (Å²) in [6.07, 6.45) is 0.938. The van der Waals surface area contributed by atoms with E-state index in [-0.39, 0.29) is 0 Å². The number of nitrogens with zero attached hydrogens (tertiary/aromatic N) is 1. The largest absolute Gasteiger partial charge is 0.370 e. The molecule has 0 saturated heterocycles. The lowest BCUT2D eigenvalue weighted by molar-refractivity contribution is 0.682. The van der Waals surface area contributed by atoms with E-state index >= 15 is 0 Å². The van der Waals surface area contributed by atoms with Crippen LogP contribution in [0.2, 0.25) is 0 Å². The number of rotatable bonds is 8. The van der Waals surface area contributed by atoms with Gasteiger partial charge in [0.25, 0.3) is 0 Å². The molecule has 0 aliphatic heterocycles. The summed E-state index contributed by atoms with van der Waals surface area (Å²) in [7, 11) is -0.906. The predicted octanol–water partition coefficient (Wildman–Crippen LogP) is 2.14. The van der Waals surface area contributed by atoms with Crippen LogP contribution in [0.1, 0.15) is 10.4 Å². The highest BCUT2D eigenvalue weighted by Gasteiger charge is 2.01. The zero-order chi connectivity index (χ0) is 15.6. The van der Waals surface area contributed by atoms with Crippen LogP contribution in [0.25, 0.3) is 0 Å². The molecule has 118 valence electrons. The Morgan fingerprint density at radius 1 is 1.23 bits per heavy atom. The number of thiophene rings is 1. The fourth-order valence-corrected chi connectivity index (χ4v) is 3.64. The van der Waals surface area contributed by atoms with Gasteiger partial charge in [0.1, 0.15) is 0 Å². The van der Waals surface area contributed by atoms with E-state index in [2.05, 4.69) is 21.8 Å². The van der Waals surface area contributed by atoms with Crippen molar-refractivity contribution in [3.05, 3.63) is 58.3 Å². The number of benzene rings is 1. The summed E-state index contributed by atoms with van der Waals surface area (Å²) >= 11 is 1.74. The van der Waals surface area contributed by atoms with Gasteiger partial charge in [0.05, 0.1) is 6.54 Å². The number of hydrogen-bond acceptors (Lipinski definition) is 3. The van der Waals surface area contributed by atoms with E-state index in [4.69, 9.17) is 5.73 Å². The molecule has 0 aliphatic carbocycles. The van der Waals surface area contributed by atoms with Gasteiger partial charge in [-0.1, -0.05) is 36.4 Å². The van der Waals surface area contributed by atoms with E-state index in [9.17, 15) is 4.21 Å². The third-order valence-electron chi connectivity index (χ3n) is 3.03. The van der Waals surface area contributed by atoms with E-state index in [1.165, 1.54) is 4.88 Å². The molecule has 1 atom stereocenters. The highest BCUT2D eigenvalue weighted by molar-refractivity contribution is 7.84. The van der Waals surface area contributed by atoms with Crippen LogP contribution in [-0.4, -0.2) is 29.0 Å². The number of nitrogens with one attached hydrogen (secondary N) is 1. The van der Waals surface area contributed by atoms with Crippen molar-refractivity contribution in [1.29, 1.82) is 0 Å². The van der Waals surface area contributed by atoms with Crippen LogP contribution in [0.3, 0.4) is 0 Å². The van der Waals surface area contributed by atoms with Crippen molar-refractivity contribution in [2.75, 3.05) is 18.8 Å². The standard InChI is InChI=1S/C16H21N3OS2/c17-16(18-9-8-15-7-4-11-21-15)19-10-12-22(20)13-14-5-2-1-3-6-14/h1-7,11H,8-10,12-13H2,(H3,17,18,19). The minimum Gasteiger partial charge on any atom is -0.370 e. The summed E-state index contributed by atoms with van der Waals surface area (Å²) in [4.78, 5) is 5.54. The molecule has 0 amide bonds. The first-order valence-electron chi connectivity index (χ1n) is 7.19. The van der Waals surface area contributed by atoms with Crippen LogP contribution in [-0.2, 0) is 23.0 Å². The van der Waals surface area contributed by atoms with E-state index in [0.29, 0.717) is 24.0 Å². The average molecular weight is 335 g/mol. The Kier molecular flexibility index (Phi) is 7.12. The smallest absolute Gasteiger partial charge is 0.188 e. The molecular formula is C16H21N3OS2. The van der Waals surface area contributed by atoms with Crippen molar-refractivity contribution in [3.8, 4) is 0 Å². The fraction of sp³-hybridized carbons (Fsp3) is 0.312. The monoisotopic (exact) mass is 335 g/mol. The summed E-state index contributed by atoms with van der Waals surface area (Å²) in [5, 5.41) is 5.14. The molecule has 6 heteroatoms. The zero-order valence-electron chi connectivity index (χ0n) is 12.4. The molecule has 0 spiro atoms. The molecule has 1 unspecified atom stereocenters. The topological polar surface area (TPSA) is 67.5 Å². The normalized spacial score (nSPS) is 13.0. The molecule has 0 radical (unpaired) electrons. The second-order valence-corrected chi connectivity index (χ2v) is 7.41. The van der Waals surface area contributed by atoms with Gasteiger partial charge in [0, 0.05) is 33.7 Å². The fourth-order valence-electron chi connectivity index (χ4n) is 1.92. The molecule has 0 aliphatic rings. The van der Waals surface area contributed by atoms with Crippen molar-refractivity contribution in [3.63, 3.8) is 0 Å². The van der Waals surface area contributed by atoms with Gasteiger partial charge < -0.3 is 11.1 Å². The van der Waals surface area contributed by atoms with Crippen molar-refractivity contribution in [1.82, 2.24) is 5.32 Å². The molecule has 0 saturated carbocycles. The highest BCUT2D eigenvalue weighted by Crippen LogP contribution is 2.07. The van der Waals surface area contributed by atoms with E-state index in [0.717, 1.165) is 18.5 Å². The molecule has 4 nitrogen and oxygen atoms in total. The predicted molar refractivity (Wildman–Crippen MR) is 95.7 cm³/mol. The van der Waals surface area contributed by atoms with Crippen LogP contribution >= 0.6 is 11.3 Å². The Hall–Kier alpha value is -1.66. The van der Waals surface area contributed by atoms with Crippen LogP contribution in [0.4, 0.5) is 0 Å². The summed E-state index contributed by atoms with van der Waals surface area (Å²) in [5.41, 5.74) is 6.88. The maximum Gasteiger partial charge on any atom is 0.188 e. The van der Waals surface area contributed by atoms with Crippen molar-refractivity contribution in [2.45, 2.75) is 12.2 Å². The lowest BCUT2D eigenvalue weighted by Gasteiger charge is -2.05. The molecule has 1 aromatic heterocycles. The van der Waals surface area contributed by atoms with Gasteiger partial charge in [-0.2, -0.15) is 0 Å². The SMILES string of the molecule is NC(=NCCS(=O)Cc1ccccc1)NCCc1cccs1. The van der Waals surface area contributed by atoms with E-state index in [1.807, 2.05) is 36.4 Å². The van der Waals surface area contributed by atoms with Gasteiger partial charge in [-0.15, -0.1) is 11.3 Å².